The van der Waals surface area contributed by atoms with E-state index < -0.39 is 0 Å². The van der Waals surface area contributed by atoms with Crippen molar-refractivity contribution in [1.29, 1.82) is 0 Å². The third-order valence-corrected chi connectivity index (χ3v) is 0.592. The summed E-state index contributed by atoms with van der Waals surface area (Å²) in [4.78, 5) is 0. The van der Waals surface area contributed by atoms with Crippen LogP contribution in [-0.2, 0) is 0 Å². The van der Waals surface area contributed by atoms with Crippen LogP contribution in [0.25, 0.3) is 0 Å². The second kappa shape index (κ2) is 8.07. The number of rotatable bonds is 2. The van der Waals surface area contributed by atoms with Crippen molar-refractivity contribution in [3.63, 3.8) is 0 Å². The quantitative estimate of drug-likeness (QED) is 0.599. The first-order valence-corrected chi connectivity index (χ1v) is 2.44. The van der Waals surface area contributed by atoms with E-state index in [1.54, 1.807) is 6.08 Å². The molecule has 0 fully saturated rings. The molecule has 48 valence electrons. The Morgan fingerprint density at radius 2 is 2.00 bits per heavy atom. The third-order valence-electron chi connectivity index (χ3n) is 0.592. The minimum absolute atomic E-state index is 0. The summed E-state index contributed by atoms with van der Waals surface area (Å²) in [5.41, 5.74) is 0. The number of aliphatic hydroxyl groups is 1. The molecular weight excluding hydrogens is 338 g/mol. The maximum Gasteiger partial charge on any atom is 0.108 e. The average Bonchev–Trinajstić information content (AvgIpc) is 1.66. The zero-order chi connectivity index (χ0) is 6.41. The van der Waals surface area contributed by atoms with Crippen LogP contribution in [0, 0.1) is 31.1 Å². The van der Waals surface area contributed by atoms with E-state index in [2.05, 4.69) is 6.58 Å². The number of hydrogen-bond acceptors (Lipinski definition) is 1. The van der Waals surface area contributed by atoms with Crippen LogP contribution in [0.2, 0.25) is 0 Å². The van der Waals surface area contributed by atoms with Gasteiger partial charge in [-0.2, -0.15) is 0 Å². The van der Waals surface area contributed by atoms with Crippen molar-refractivity contribution in [2.75, 3.05) is 0 Å². The maximum atomic E-state index is 8.46. The first-order valence-electron chi connectivity index (χ1n) is 2.44. The summed E-state index contributed by atoms with van der Waals surface area (Å²) in [7, 11) is 0. The monoisotopic (exact) mass is 348 g/mol. The average molecular weight is 348 g/mol. The molecule has 0 heterocycles. The maximum absolute atomic E-state index is 8.46. The molecule has 0 aliphatic carbocycles. The van der Waals surface area contributed by atoms with Crippen molar-refractivity contribution in [3.8, 4) is 0 Å². The van der Waals surface area contributed by atoms with E-state index in [0.29, 0.717) is 0 Å². The molecule has 0 amide bonds. The van der Waals surface area contributed by atoms with Crippen LogP contribution in [0.1, 0.15) is 6.92 Å². The SMILES string of the molecule is C=C(O)/C=C\C=C/C.[U]. The summed E-state index contributed by atoms with van der Waals surface area (Å²) in [6.45, 7) is 5.17. The normalized spacial score (nSPS) is 9.89. The van der Waals surface area contributed by atoms with Crippen LogP contribution in [0.5, 0.6) is 0 Å². The largest absolute Gasteiger partial charge is 0.509 e. The molecule has 0 aromatic rings. The fourth-order valence-electron chi connectivity index (χ4n) is 0.278. The smallest absolute Gasteiger partial charge is 0.108 e. The standard InChI is InChI=1S/C7H10O.U/c1-3-4-5-6-7(2)8;/h3-6,8H,2H2,1H3;/b4-3-,6-5-;. The summed E-state index contributed by atoms with van der Waals surface area (Å²) in [5.74, 6) is 0.0862. The molecule has 0 aromatic carbocycles. The first-order chi connectivity index (χ1) is 3.77. The second-order valence-electron chi connectivity index (χ2n) is 1.38. The molecule has 2 heteroatoms. The Balaban J connectivity index is 0. The van der Waals surface area contributed by atoms with Crippen LogP contribution in [0.4, 0.5) is 0 Å². The van der Waals surface area contributed by atoms with E-state index in [-0.39, 0.29) is 36.9 Å². The van der Waals surface area contributed by atoms with Gasteiger partial charge in [0.2, 0.25) is 0 Å². The van der Waals surface area contributed by atoms with Crippen LogP contribution in [0.15, 0.2) is 36.6 Å². The van der Waals surface area contributed by atoms with Gasteiger partial charge in [0.1, 0.15) is 5.76 Å². The summed E-state index contributed by atoms with van der Waals surface area (Å²) in [5, 5.41) is 8.46. The molecule has 0 rings (SSSR count). The van der Waals surface area contributed by atoms with Crippen molar-refractivity contribution in [2.45, 2.75) is 6.92 Å². The summed E-state index contributed by atoms with van der Waals surface area (Å²) < 4.78 is 0. The Hall–Kier alpha value is 0.0719. The van der Waals surface area contributed by atoms with Crippen molar-refractivity contribution >= 4 is 0 Å². The zero-order valence-corrected chi connectivity index (χ0v) is 9.63. The Morgan fingerprint density at radius 3 is 2.33 bits per heavy atom. The minimum atomic E-state index is 0. The molecule has 0 aliphatic rings. The van der Waals surface area contributed by atoms with Gasteiger partial charge in [-0.25, -0.2) is 0 Å². The molecule has 0 aromatic heterocycles. The molecule has 0 bridgehead atoms. The predicted molar refractivity (Wildman–Crippen MR) is 35.7 cm³/mol. The molecule has 0 atom stereocenters. The molecule has 9 heavy (non-hydrogen) atoms. The Labute approximate surface area is 79.5 Å². The van der Waals surface area contributed by atoms with E-state index in [1.165, 1.54) is 6.08 Å². The molecule has 0 saturated heterocycles. The molecule has 0 saturated carbocycles. The molecule has 0 aliphatic heterocycles. The summed E-state index contributed by atoms with van der Waals surface area (Å²) in [6.07, 6.45) is 6.95. The van der Waals surface area contributed by atoms with E-state index in [0.717, 1.165) is 0 Å². The van der Waals surface area contributed by atoms with Gasteiger partial charge in [0.05, 0.1) is 0 Å². The second-order valence-corrected chi connectivity index (χ2v) is 1.38. The van der Waals surface area contributed by atoms with E-state index in [1.807, 2.05) is 19.1 Å². The summed E-state index contributed by atoms with van der Waals surface area (Å²) >= 11 is 0. The van der Waals surface area contributed by atoms with E-state index in [9.17, 15) is 0 Å². The van der Waals surface area contributed by atoms with Crippen LogP contribution in [-0.4, -0.2) is 5.11 Å². The minimum Gasteiger partial charge on any atom is -0.509 e. The van der Waals surface area contributed by atoms with Gasteiger partial charge in [0.25, 0.3) is 0 Å². The Morgan fingerprint density at radius 1 is 1.44 bits per heavy atom. The fraction of sp³-hybridized carbons (Fsp3) is 0.143. The van der Waals surface area contributed by atoms with Crippen molar-refractivity contribution < 1.29 is 36.2 Å². The van der Waals surface area contributed by atoms with Gasteiger partial charge in [-0.1, -0.05) is 24.8 Å². The molecule has 1 N–H and O–H groups in total. The zero-order valence-electron chi connectivity index (χ0n) is 5.46. The van der Waals surface area contributed by atoms with Crippen LogP contribution >= 0.6 is 0 Å². The molecule has 0 spiro atoms. The number of aliphatic hydroxyl groups excluding tert-OH is 1. The van der Waals surface area contributed by atoms with E-state index in [4.69, 9.17) is 5.11 Å². The summed E-state index contributed by atoms with van der Waals surface area (Å²) in [6, 6.07) is 0. The molecule has 0 radical (unpaired) electrons. The van der Waals surface area contributed by atoms with Crippen molar-refractivity contribution in [1.82, 2.24) is 0 Å². The molecular formula is C7H10OU. The molecule has 1 nitrogen and oxygen atoms in total. The first kappa shape index (κ1) is 11.8. The third kappa shape index (κ3) is 11.6. The Kier molecular flexibility index (Phi) is 10.6. The number of allylic oxidation sites excluding steroid dienone is 4. The number of hydrogen-bond donors (Lipinski definition) is 1. The van der Waals surface area contributed by atoms with Gasteiger partial charge in [-0.15, -0.1) is 0 Å². The van der Waals surface area contributed by atoms with Crippen molar-refractivity contribution in [3.05, 3.63) is 36.6 Å². The van der Waals surface area contributed by atoms with Gasteiger partial charge in [0, 0.05) is 31.1 Å². The van der Waals surface area contributed by atoms with Gasteiger partial charge < -0.3 is 5.11 Å². The van der Waals surface area contributed by atoms with Gasteiger partial charge in [-0.3, -0.25) is 0 Å². The van der Waals surface area contributed by atoms with Crippen LogP contribution in [0.3, 0.4) is 0 Å². The topological polar surface area (TPSA) is 20.2 Å². The van der Waals surface area contributed by atoms with Gasteiger partial charge >= 0.3 is 0 Å². The fourth-order valence-corrected chi connectivity index (χ4v) is 0.278. The predicted octanol–water partition coefficient (Wildman–Crippen LogP) is 2.19. The molecule has 0 unspecified atom stereocenters. The van der Waals surface area contributed by atoms with Crippen LogP contribution < -0.4 is 0 Å². The van der Waals surface area contributed by atoms with Gasteiger partial charge in [0.15, 0.2) is 0 Å². The Bertz CT molecular complexity index is 125. The van der Waals surface area contributed by atoms with Gasteiger partial charge in [-0.05, 0) is 13.0 Å². The van der Waals surface area contributed by atoms with E-state index >= 15 is 0 Å². The van der Waals surface area contributed by atoms with Crippen molar-refractivity contribution in [2.24, 2.45) is 0 Å².